The minimum absolute atomic E-state index is 0.00804. The van der Waals surface area contributed by atoms with E-state index in [0.29, 0.717) is 44.8 Å². The van der Waals surface area contributed by atoms with Gasteiger partial charge in [0.15, 0.2) is 0 Å². The van der Waals surface area contributed by atoms with Crippen LogP contribution in [0.5, 0.6) is 11.5 Å². The zero-order chi connectivity index (χ0) is 66.6. The van der Waals surface area contributed by atoms with Crippen molar-refractivity contribution in [3.05, 3.63) is 215 Å². The van der Waals surface area contributed by atoms with Gasteiger partial charge in [-0.2, -0.15) is 0 Å². The number of pyridine rings is 1. The zero-order valence-electron chi connectivity index (χ0n) is 60.2. The summed E-state index contributed by atoms with van der Waals surface area (Å²) in [7, 11) is 0. The fourth-order valence-electron chi connectivity index (χ4n) is 11.3. The SMILES string of the molecule is [2H]c1c([2H])c([2H])c(-c2cccc(-c3cc(C(C)(C)C)cc(C(C)(C)C)c3)c2[N+]2=C=[N+](c3ccc(C([2H])([2H])[2H])c(Oc4ccc5c6c([2H])c([2H])c([2H])c([2H])c6n(-c6cc(C([2H])([2H])[2H])c(-c7cccc8c7C(C)(C)CCC8(C)C)cn6)c5c4)c3)c3ccccc32)c([2H])c1[2H]. The first-order valence-electron chi connectivity index (χ1n) is 33.7. The summed E-state index contributed by atoms with van der Waals surface area (Å²) in [4.78, 5) is 4.97. The molecular formula is C72H70N4O+2. The molecule has 0 saturated heterocycles. The van der Waals surface area contributed by atoms with Crippen molar-refractivity contribution in [2.24, 2.45) is 0 Å². The number of hydrogen-bond acceptors (Lipinski definition) is 2. The molecule has 8 aromatic carbocycles. The number of aromatic nitrogens is 2. The van der Waals surface area contributed by atoms with E-state index in [1.54, 1.807) is 41.0 Å². The predicted octanol–water partition coefficient (Wildman–Crippen LogP) is 19.4. The molecule has 0 radical (unpaired) electrons. The molecule has 0 fully saturated rings. The first kappa shape index (κ1) is 35.3. The average molecular weight is 1020 g/mol. The number of ether oxygens (including phenoxy) is 1. The smallest absolute Gasteiger partial charge is 0.457 e. The van der Waals surface area contributed by atoms with Gasteiger partial charge in [-0.1, -0.05) is 172 Å². The van der Waals surface area contributed by atoms with Crippen LogP contribution >= 0.6 is 0 Å². The number of benzene rings is 8. The van der Waals surface area contributed by atoms with Crippen LogP contribution in [0.3, 0.4) is 0 Å². The zero-order valence-corrected chi connectivity index (χ0v) is 45.2. The molecule has 0 spiro atoms. The second-order valence-corrected chi connectivity index (χ2v) is 23.9. The van der Waals surface area contributed by atoms with E-state index in [2.05, 4.69) is 99.5 Å². The highest BCUT2D eigenvalue weighted by Gasteiger charge is 2.41. The molecule has 0 amide bonds. The van der Waals surface area contributed by atoms with Gasteiger partial charge in [-0.25, -0.2) is 4.98 Å². The summed E-state index contributed by atoms with van der Waals surface area (Å²) in [6.07, 6.45) is 3.36. The van der Waals surface area contributed by atoms with Crippen LogP contribution in [0.15, 0.2) is 182 Å². The Labute approximate surface area is 476 Å². The van der Waals surface area contributed by atoms with E-state index in [0.717, 1.165) is 46.2 Å². The molecule has 12 rings (SSSR count). The van der Waals surface area contributed by atoms with E-state index in [1.165, 1.54) is 22.9 Å². The molecule has 0 unspecified atom stereocenters. The Morgan fingerprint density at radius 3 is 1.97 bits per heavy atom. The quantitative estimate of drug-likeness (QED) is 0.142. The Morgan fingerprint density at radius 2 is 1.25 bits per heavy atom. The molecule has 10 aromatic rings. The fraction of sp³-hybridized carbons (Fsp3) is 0.250. The van der Waals surface area contributed by atoms with Crippen molar-refractivity contribution in [1.29, 1.82) is 0 Å². The summed E-state index contributed by atoms with van der Waals surface area (Å²) in [5, 5.41) is 0.522. The van der Waals surface area contributed by atoms with Crippen molar-refractivity contribution in [3.63, 3.8) is 0 Å². The number of fused-ring (bicyclic) bond motifs is 5. The molecule has 2 aliphatic rings. The van der Waals surface area contributed by atoms with E-state index >= 15 is 0 Å². The van der Waals surface area contributed by atoms with Gasteiger partial charge in [0.2, 0.25) is 11.4 Å². The van der Waals surface area contributed by atoms with Crippen molar-refractivity contribution < 1.29 is 25.3 Å². The maximum Gasteiger partial charge on any atom is 0.503 e. The van der Waals surface area contributed by atoms with Crippen LogP contribution in [-0.4, -0.2) is 15.6 Å². The number of aryl methyl sites for hydroxylation is 2. The first-order valence-corrected chi connectivity index (χ1v) is 26.2. The molecule has 0 atom stereocenters. The molecule has 5 heteroatoms. The Hall–Kier alpha value is -8.11. The maximum atomic E-state index is 9.36. The Bertz CT molecular complexity index is 4820. The van der Waals surface area contributed by atoms with Crippen molar-refractivity contribution in [2.45, 2.75) is 117 Å². The van der Waals surface area contributed by atoms with Crippen molar-refractivity contribution in [1.82, 2.24) is 18.7 Å². The predicted molar refractivity (Wildman–Crippen MR) is 324 cm³/mol. The molecule has 0 bridgehead atoms. The van der Waals surface area contributed by atoms with E-state index in [1.807, 2.05) is 53.1 Å². The normalized spacial score (nSPS) is 17.9. The summed E-state index contributed by atoms with van der Waals surface area (Å²) >= 11 is 0. The van der Waals surface area contributed by atoms with Crippen LogP contribution in [0.4, 0.5) is 22.7 Å². The summed E-state index contributed by atoms with van der Waals surface area (Å²) < 4.78 is 146. The van der Waals surface area contributed by atoms with Gasteiger partial charge in [-0.05, 0) is 150 Å². The average Bonchev–Trinajstić information content (AvgIpc) is 1.46. The van der Waals surface area contributed by atoms with Gasteiger partial charge in [0, 0.05) is 55.0 Å². The Morgan fingerprint density at radius 1 is 0.584 bits per heavy atom. The molecule has 0 N–H and O–H groups in total. The van der Waals surface area contributed by atoms with E-state index in [-0.39, 0.29) is 96.3 Å². The summed E-state index contributed by atoms with van der Waals surface area (Å²) in [5.41, 5.74) is 8.47. The highest BCUT2D eigenvalue weighted by molar-refractivity contribution is 6.09. The Balaban J connectivity index is 1.08. The fourth-order valence-corrected chi connectivity index (χ4v) is 11.3. The lowest BCUT2D eigenvalue weighted by Gasteiger charge is -2.43. The van der Waals surface area contributed by atoms with Crippen LogP contribution in [0, 0.1) is 13.7 Å². The summed E-state index contributed by atoms with van der Waals surface area (Å²) in [5.74, 6) is 0.0891. The minimum Gasteiger partial charge on any atom is -0.457 e. The number of rotatable bonds is 8. The lowest BCUT2D eigenvalue weighted by Crippen LogP contribution is -2.34. The molecule has 382 valence electrons. The van der Waals surface area contributed by atoms with Gasteiger partial charge in [0.05, 0.1) is 40.6 Å². The van der Waals surface area contributed by atoms with Crippen LogP contribution in [0.2, 0.25) is 0 Å². The van der Waals surface area contributed by atoms with Gasteiger partial charge in [-0.3, -0.25) is 4.57 Å². The van der Waals surface area contributed by atoms with Crippen LogP contribution in [0.1, 0.15) is 136 Å². The van der Waals surface area contributed by atoms with Gasteiger partial charge in [0.1, 0.15) is 17.3 Å². The van der Waals surface area contributed by atoms with Gasteiger partial charge < -0.3 is 4.74 Å². The topological polar surface area (TPSA) is 33.1 Å². The van der Waals surface area contributed by atoms with Gasteiger partial charge in [-0.15, -0.1) is 0 Å². The number of hydrogen-bond donors (Lipinski definition) is 0. The lowest BCUT2D eigenvalue weighted by atomic mass is 9.61. The highest BCUT2D eigenvalue weighted by Crippen LogP contribution is 2.51. The van der Waals surface area contributed by atoms with Crippen LogP contribution in [-0.2, 0) is 21.7 Å². The standard InChI is InChI=1S/C72H70N4O/c1-46-32-33-52(74-45-75(63-31-19-18-30-62(63)74)68-54(48-22-14-13-15-23-48)25-20-26-55(68)49-39-50(69(3,4)5)41-51(40-49)70(6,7)8)42-65(46)77-53-34-35-57-56-24-16-17-29-61(56)76(64(57)43-53)66-38-47(2)59(44-73-66)58-27-21-28-60-67(58)72(11,12)37-36-71(60,9)10/h13-35,38-44H,36-37H2,1-12H3/q+2/i1D3,2D3,13D,14D,15D,16D,17D,22D,23D,24D,29D. The Kier molecular flexibility index (Phi) is 8.37. The molecule has 1 aliphatic carbocycles. The van der Waals surface area contributed by atoms with Crippen molar-refractivity contribution >= 4 is 50.6 Å². The second-order valence-electron chi connectivity index (χ2n) is 23.9. The molecular weight excluding hydrogens is 937 g/mol. The molecule has 5 nitrogen and oxygen atoms in total. The largest absolute Gasteiger partial charge is 0.503 e. The number of para-hydroxylation sites is 4. The lowest BCUT2D eigenvalue weighted by molar-refractivity contribution is 0.333. The summed E-state index contributed by atoms with van der Waals surface area (Å²) in [6.45, 7) is 16.2. The van der Waals surface area contributed by atoms with Gasteiger partial charge in [0.25, 0.3) is 11.4 Å². The monoisotopic (exact) mass is 1020 g/mol. The van der Waals surface area contributed by atoms with Crippen molar-refractivity contribution in [2.75, 3.05) is 0 Å². The molecule has 0 saturated carbocycles. The highest BCUT2D eigenvalue weighted by atomic mass is 16.5. The molecule has 2 aromatic heterocycles. The molecule has 1 aliphatic heterocycles. The van der Waals surface area contributed by atoms with Crippen molar-refractivity contribution in [3.8, 4) is 50.7 Å². The van der Waals surface area contributed by atoms with E-state index < -0.39 is 43.9 Å². The van der Waals surface area contributed by atoms with E-state index in [9.17, 15) is 5.48 Å². The van der Waals surface area contributed by atoms with Crippen LogP contribution in [0.25, 0.3) is 61.0 Å². The third-order valence-corrected chi connectivity index (χ3v) is 15.6. The molecule has 3 heterocycles. The third kappa shape index (κ3) is 8.72. The van der Waals surface area contributed by atoms with E-state index in [4.69, 9.17) is 24.8 Å². The molecule has 77 heavy (non-hydrogen) atoms. The maximum absolute atomic E-state index is 9.36. The second kappa shape index (κ2) is 18.3. The van der Waals surface area contributed by atoms with Crippen LogP contribution < -0.4 is 13.9 Å². The first-order chi connectivity index (χ1) is 42.9. The summed E-state index contributed by atoms with van der Waals surface area (Å²) in [6, 6.07) is 36.0. The number of nitrogens with zero attached hydrogens (tertiary/aromatic N) is 4. The minimum atomic E-state index is -2.73. The van der Waals surface area contributed by atoms with Gasteiger partial charge >= 0.3 is 6.01 Å². The third-order valence-electron chi connectivity index (χ3n) is 15.6.